The highest BCUT2D eigenvalue weighted by Crippen LogP contribution is 2.50. The van der Waals surface area contributed by atoms with Crippen LogP contribution in [0.15, 0.2) is 16.6 Å². The van der Waals surface area contributed by atoms with Crippen molar-refractivity contribution >= 4 is 17.4 Å². The van der Waals surface area contributed by atoms with E-state index >= 15 is 0 Å². The van der Waals surface area contributed by atoms with Crippen molar-refractivity contribution in [3.63, 3.8) is 0 Å². The third-order valence-corrected chi connectivity index (χ3v) is 5.31. The lowest BCUT2D eigenvalue weighted by atomic mass is 9.76. The molecule has 2 aliphatic carbocycles. The summed E-state index contributed by atoms with van der Waals surface area (Å²) in [6, 6.07) is 0. The van der Waals surface area contributed by atoms with Crippen molar-refractivity contribution in [3.8, 4) is 0 Å². The van der Waals surface area contributed by atoms with Crippen LogP contribution in [-0.4, -0.2) is 10.7 Å². The number of hydrogen-bond acceptors (Lipinski definition) is 2. The summed E-state index contributed by atoms with van der Waals surface area (Å²) in [7, 11) is 0. The molecule has 1 fully saturated rings. The Morgan fingerprint density at radius 1 is 1.44 bits per heavy atom. The van der Waals surface area contributed by atoms with Crippen molar-refractivity contribution in [2.45, 2.75) is 58.9 Å². The zero-order chi connectivity index (χ0) is 13.3. The average Bonchev–Trinajstić information content (AvgIpc) is 2.59. The zero-order valence-electron chi connectivity index (χ0n) is 12.1. The Morgan fingerprint density at radius 2 is 2.17 bits per heavy atom. The van der Waals surface area contributed by atoms with Gasteiger partial charge in [-0.1, -0.05) is 32.4 Å². The van der Waals surface area contributed by atoms with E-state index in [2.05, 4.69) is 43.9 Å². The van der Waals surface area contributed by atoms with Crippen molar-refractivity contribution in [1.82, 2.24) is 0 Å². The van der Waals surface area contributed by atoms with Crippen LogP contribution >= 0.6 is 12.2 Å². The highest BCUT2D eigenvalue weighted by molar-refractivity contribution is 7.78. The number of aliphatic imine (C=N–C) groups is 1. The molecule has 100 valence electrons. The predicted octanol–water partition coefficient (Wildman–Crippen LogP) is 4.89. The molecule has 0 aliphatic heterocycles. The first-order valence-corrected chi connectivity index (χ1v) is 7.68. The van der Waals surface area contributed by atoms with Crippen molar-refractivity contribution < 1.29 is 0 Å². The SMILES string of the molecule is CC(C)C1=CC2C(C)CCC2C(C)(N=C=S)CC1. The Hall–Kier alpha value is -0.460. The van der Waals surface area contributed by atoms with Gasteiger partial charge < -0.3 is 0 Å². The number of allylic oxidation sites excluding steroid dienone is 2. The van der Waals surface area contributed by atoms with Crippen molar-refractivity contribution in [2.24, 2.45) is 28.7 Å². The van der Waals surface area contributed by atoms with Crippen LogP contribution in [0.25, 0.3) is 0 Å². The molecule has 0 amide bonds. The van der Waals surface area contributed by atoms with Gasteiger partial charge in [0.1, 0.15) is 0 Å². The summed E-state index contributed by atoms with van der Waals surface area (Å²) in [5, 5.41) is 2.66. The second kappa shape index (κ2) is 5.27. The van der Waals surface area contributed by atoms with Gasteiger partial charge in [-0.25, -0.2) is 4.99 Å². The van der Waals surface area contributed by atoms with Crippen molar-refractivity contribution in [3.05, 3.63) is 11.6 Å². The maximum Gasteiger partial charge on any atom is 0.0719 e. The summed E-state index contributed by atoms with van der Waals surface area (Å²) in [5.41, 5.74) is 1.65. The van der Waals surface area contributed by atoms with E-state index < -0.39 is 0 Å². The Labute approximate surface area is 117 Å². The van der Waals surface area contributed by atoms with Gasteiger partial charge in [0.05, 0.1) is 10.7 Å². The summed E-state index contributed by atoms with van der Waals surface area (Å²) in [5.74, 6) is 2.82. The van der Waals surface area contributed by atoms with Crippen LogP contribution in [-0.2, 0) is 0 Å². The van der Waals surface area contributed by atoms with E-state index in [0.29, 0.717) is 17.8 Å². The molecule has 0 saturated heterocycles. The Morgan fingerprint density at radius 3 is 2.78 bits per heavy atom. The van der Waals surface area contributed by atoms with Crippen LogP contribution in [0.2, 0.25) is 0 Å². The lowest BCUT2D eigenvalue weighted by Crippen LogP contribution is -2.34. The Bertz CT molecular complexity index is 392. The van der Waals surface area contributed by atoms with Gasteiger partial charge in [-0.3, -0.25) is 0 Å². The van der Waals surface area contributed by atoms with Crippen LogP contribution in [0.5, 0.6) is 0 Å². The lowest BCUT2D eigenvalue weighted by molar-refractivity contribution is 0.243. The molecule has 18 heavy (non-hydrogen) atoms. The predicted molar refractivity (Wildman–Crippen MR) is 81.0 cm³/mol. The molecule has 0 spiro atoms. The number of rotatable bonds is 2. The van der Waals surface area contributed by atoms with Gasteiger partial charge in [0.25, 0.3) is 0 Å². The standard InChI is InChI=1S/C16H25NS/c1-11(2)13-7-8-16(4,17-10-18)15-6-5-12(3)14(15)9-13/h9,11-12,14-15H,5-8H2,1-4H3. The maximum atomic E-state index is 4.89. The molecule has 0 aromatic rings. The summed E-state index contributed by atoms with van der Waals surface area (Å²) < 4.78 is 0. The second-order valence-corrected chi connectivity index (χ2v) is 6.88. The summed E-state index contributed by atoms with van der Waals surface area (Å²) in [6.07, 6.45) is 7.52. The highest BCUT2D eigenvalue weighted by atomic mass is 32.1. The van der Waals surface area contributed by atoms with Gasteiger partial charge in [-0.05, 0) is 68.5 Å². The maximum absolute atomic E-state index is 4.89. The molecule has 0 aromatic carbocycles. The van der Waals surface area contributed by atoms with Crippen LogP contribution in [0, 0.1) is 23.7 Å². The van der Waals surface area contributed by atoms with Crippen LogP contribution in [0.1, 0.15) is 53.4 Å². The van der Waals surface area contributed by atoms with Crippen LogP contribution in [0.3, 0.4) is 0 Å². The molecular weight excluding hydrogens is 238 g/mol. The van der Waals surface area contributed by atoms with Crippen molar-refractivity contribution in [1.29, 1.82) is 0 Å². The number of thiocarbonyl (C=S) groups is 1. The third-order valence-electron chi connectivity index (χ3n) is 5.22. The average molecular weight is 263 g/mol. The summed E-state index contributed by atoms with van der Waals surface area (Å²) in [6.45, 7) is 9.31. The minimum atomic E-state index is 0.0182. The topological polar surface area (TPSA) is 12.4 Å². The number of isothiocyanates is 1. The first-order chi connectivity index (χ1) is 8.48. The second-order valence-electron chi connectivity index (χ2n) is 6.70. The molecule has 4 unspecified atom stereocenters. The van der Waals surface area contributed by atoms with Gasteiger partial charge in [0, 0.05) is 0 Å². The number of nitrogens with zero attached hydrogens (tertiary/aromatic N) is 1. The zero-order valence-corrected chi connectivity index (χ0v) is 12.9. The minimum Gasteiger partial charge on any atom is -0.226 e. The van der Waals surface area contributed by atoms with E-state index in [9.17, 15) is 0 Å². The lowest BCUT2D eigenvalue weighted by Gasteiger charge is -2.33. The van der Waals surface area contributed by atoms with E-state index in [1.807, 2.05) is 0 Å². The fourth-order valence-electron chi connectivity index (χ4n) is 3.87. The minimum absolute atomic E-state index is 0.0182. The molecule has 4 atom stereocenters. The molecule has 1 nitrogen and oxygen atoms in total. The van der Waals surface area contributed by atoms with Gasteiger partial charge in [0.15, 0.2) is 0 Å². The molecule has 0 radical (unpaired) electrons. The molecular formula is C16H25NS. The molecule has 2 aliphatic rings. The fourth-order valence-corrected chi connectivity index (χ4v) is 4.08. The van der Waals surface area contributed by atoms with E-state index in [-0.39, 0.29) is 5.54 Å². The molecule has 0 N–H and O–H groups in total. The first kappa shape index (κ1) is 14.0. The van der Waals surface area contributed by atoms with Gasteiger partial charge in [-0.15, -0.1) is 0 Å². The highest BCUT2D eigenvalue weighted by Gasteiger charge is 2.45. The number of fused-ring (bicyclic) bond motifs is 1. The smallest absolute Gasteiger partial charge is 0.0719 e. The largest absolute Gasteiger partial charge is 0.226 e. The van der Waals surface area contributed by atoms with Crippen LogP contribution in [0.4, 0.5) is 0 Å². The monoisotopic (exact) mass is 263 g/mol. The van der Waals surface area contributed by atoms with E-state index in [0.717, 1.165) is 12.3 Å². The molecule has 0 bridgehead atoms. The van der Waals surface area contributed by atoms with Gasteiger partial charge in [0.2, 0.25) is 0 Å². The molecule has 0 heterocycles. The fraction of sp³-hybridized carbons (Fsp3) is 0.812. The molecule has 2 rings (SSSR count). The Kier molecular flexibility index (Phi) is 4.08. The molecule has 2 heteroatoms. The van der Waals surface area contributed by atoms with Crippen molar-refractivity contribution in [2.75, 3.05) is 0 Å². The quantitative estimate of drug-likeness (QED) is 0.393. The summed E-state index contributed by atoms with van der Waals surface area (Å²) >= 11 is 4.89. The van der Waals surface area contributed by atoms with Gasteiger partial charge >= 0.3 is 0 Å². The normalized spacial score (nSPS) is 39.8. The van der Waals surface area contributed by atoms with E-state index in [1.165, 1.54) is 19.3 Å². The molecule has 0 aromatic heterocycles. The van der Waals surface area contributed by atoms with Gasteiger partial charge in [-0.2, -0.15) is 0 Å². The summed E-state index contributed by atoms with van der Waals surface area (Å²) in [4.78, 5) is 4.58. The van der Waals surface area contributed by atoms with Crippen LogP contribution < -0.4 is 0 Å². The first-order valence-electron chi connectivity index (χ1n) is 7.27. The third kappa shape index (κ3) is 2.46. The van der Waals surface area contributed by atoms with E-state index in [1.54, 1.807) is 5.57 Å². The Balaban J connectivity index is 2.37. The number of hydrogen-bond donors (Lipinski definition) is 0. The molecule has 1 saturated carbocycles. The van der Waals surface area contributed by atoms with E-state index in [4.69, 9.17) is 12.2 Å².